The number of benzene rings is 2. The Hall–Kier alpha value is -3.82. The Balaban J connectivity index is 1.66. The number of nitrogens with zero attached hydrogens (tertiary/aromatic N) is 2. The minimum absolute atomic E-state index is 0.0428. The molecule has 1 unspecified atom stereocenters. The predicted molar refractivity (Wildman–Crippen MR) is 130 cm³/mol. The number of aromatic nitrogens is 1. The summed E-state index contributed by atoms with van der Waals surface area (Å²) in [5.41, 5.74) is 1.02. The van der Waals surface area contributed by atoms with Crippen LogP contribution in [-0.2, 0) is 4.79 Å². The van der Waals surface area contributed by atoms with Crippen molar-refractivity contribution < 1.29 is 23.8 Å². The third kappa shape index (κ3) is 3.78. The van der Waals surface area contributed by atoms with E-state index in [-0.39, 0.29) is 17.3 Å². The first-order valence-corrected chi connectivity index (χ1v) is 11.9. The number of fused-ring (bicyclic) bond motifs is 1. The molecule has 0 aliphatic carbocycles. The second-order valence-electron chi connectivity index (χ2n) is 7.43. The molecular formula is C25H17FN2O4S2. The molecule has 1 aliphatic heterocycles. The highest BCUT2D eigenvalue weighted by molar-refractivity contribution is 7.22. The molecule has 6 nitrogen and oxygen atoms in total. The number of hydrogen-bond donors (Lipinski definition) is 1. The zero-order valence-corrected chi connectivity index (χ0v) is 19.2. The lowest BCUT2D eigenvalue weighted by Gasteiger charge is -2.24. The number of ether oxygens (including phenoxy) is 1. The number of aliphatic hydroxyl groups excluding tert-OH is 1. The fourth-order valence-electron chi connectivity index (χ4n) is 3.81. The molecule has 1 amide bonds. The minimum Gasteiger partial charge on any atom is -0.503 e. The largest absolute Gasteiger partial charge is 0.503 e. The molecule has 34 heavy (non-hydrogen) atoms. The van der Waals surface area contributed by atoms with Crippen molar-refractivity contribution in [2.24, 2.45) is 0 Å². The van der Waals surface area contributed by atoms with E-state index >= 15 is 0 Å². The van der Waals surface area contributed by atoms with E-state index in [0.29, 0.717) is 26.4 Å². The molecule has 1 N–H and O–H groups in total. The lowest BCUT2D eigenvalue weighted by Crippen LogP contribution is -2.30. The number of thiazole rings is 1. The average molecular weight is 493 g/mol. The predicted octanol–water partition coefficient (Wildman–Crippen LogP) is 5.84. The fourth-order valence-corrected chi connectivity index (χ4v) is 5.50. The van der Waals surface area contributed by atoms with Crippen LogP contribution < -0.4 is 9.64 Å². The van der Waals surface area contributed by atoms with Crippen molar-refractivity contribution in [1.29, 1.82) is 0 Å². The van der Waals surface area contributed by atoms with Gasteiger partial charge in [0, 0.05) is 0 Å². The first kappa shape index (κ1) is 22.0. The van der Waals surface area contributed by atoms with Gasteiger partial charge in [-0.25, -0.2) is 9.37 Å². The van der Waals surface area contributed by atoms with Crippen LogP contribution in [0.2, 0.25) is 0 Å². The maximum absolute atomic E-state index is 13.8. The smallest absolute Gasteiger partial charge is 0.296 e. The molecule has 5 rings (SSSR count). The van der Waals surface area contributed by atoms with E-state index in [9.17, 15) is 19.1 Å². The van der Waals surface area contributed by atoms with E-state index in [0.717, 1.165) is 11.3 Å². The highest BCUT2D eigenvalue weighted by atomic mass is 32.1. The van der Waals surface area contributed by atoms with Crippen molar-refractivity contribution in [3.8, 4) is 5.75 Å². The van der Waals surface area contributed by atoms with Crippen LogP contribution in [0.25, 0.3) is 10.2 Å². The lowest BCUT2D eigenvalue weighted by atomic mass is 9.95. The summed E-state index contributed by atoms with van der Waals surface area (Å²) in [4.78, 5) is 32.9. The van der Waals surface area contributed by atoms with E-state index in [1.54, 1.807) is 47.9 Å². The Morgan fingerprint density at radius 3 is 2.85 bits per heavy atom. The Morgan fingerprint density at radius 1 is 1.24 bits per heavy atom. The number of hydrogen-bond acceptors (Lipinski definition) is 7. The number of rotatable bonds is 7. The van der Waals surface area contributed by atoms with E-state index in [4.69, 9.17) is 4.74 Å². The number of carbonyl (C=O) groups excluding carboxylic acids is 2. The molecular weight excluding hydrogens is 475 g/mol. The molecule has 2 aromatic carbocycles. The summed E-state index contributed by atoms with van der Waals surface area (Å²) in [5, 5.41) is 12.9. The molecule has 0 saturated carbocycles. The van der Waals surface area contributed by atoms with E-state index in [1.165, 1.54) is 34.4 Å². The highest BCUT2D eigenvalue weighted by Crippen LogP contribution is 2.45. The molecule has 0 spiro atoms. The monoisotopic (exact) mass is 492 g/mol. The standard InChI is InChI=1S/C25H17FN2O4S2/c1-2-10-32-16-6-3-5-14(12-16)21-20(22(29)18-7-4-11-33-18)23(30)24(31)28(21)25-27-17-9-8-15(26)13-19(17)34-25/h2-9,11-13,21,30H,1,10H2. The van der Waals surface area contributed by atoms with Crippen LogP contribution in [-0.4, -0.2) is 28.4 Å². The molecule has 2 aromatic heterocycles. The number of Topliss-reactive ketones (excluding diaryl/α,β-unsaturated/α-hetero) is 1. The van der Waals surface area contributed by atoms with Crippen LogP contribution in [0.4, 0.5) is 9.52 Å². The van der Waals surface area contributed by atoms with Crippen molar-refractivity contribution in [2.45, 2.75) is 6.04 Å². The molecule has 3 heterocycles. The van der Waals surface area contributed by atoms with Crippen LogP contribution in [0.15, 0.2) is 84.0 Å². The zero-order chi connectivity index (χ0) is 23.8. The summed E-state index contributed by atoms with van der Waals surface area (Å²) in [6.07, 6.45) is 1.61. The van der Waals surface area contributed by atoms with Crippen molar-refractivity contribution in [2.75, 3.05) is 11.5 Å². The topological polar surface area (TPSA) is 79.7 Å². The third-order valence-corrected chi connectivity index (χ3v) is 7.17. The Morgan fingerprint density at radius 2 is 2.09 bits per heavy atom. The van der Waals surface area contributed by atoms with Gasteiger partial charge >= 0.3 is 0 Å². The molecule has 9 heteroatoms. The maximum Gasteiger partial charge on any atom is 0.296 e. The van der Waals surface area contributed by atoms with Gasteiger partial charge in [0.2, 0.25) is 5.78 Å². The van der Waals surface area contributed by atoms with Gasteiger partial charge in [0.25, 0.3) is 5.91 Å². The molecule has 1 aliphatic rings. The summed E-state index contributed by atoms with van der Waals surface area (Å²) < 4.78 is 19.9. The van der Waals surface area contributed by atoms with Gasteiger partial charge in [-0.15, -0.1) is 11.3 Å². The van der Waals surface area contributed by atoms with Gasteiger partial charge in [-0.1, -0.05) is 42.2 Å². The molecule has 4 aromatic rings. The van der Waals surface area contributed by atoms with Crippen molar-refractivity contribution in [3.05, 3.63) is 100 Å². The van der Waals surface area contributed by atoms with E-state index in [1.807, 2.05) is 0 Å². The summed E-state index contributed by atoms with van der Waals surface area (Å²) in [7, 11) is 0. The van der Waals surface area contributed by atoms with Crippen molar-refractivity contribution in [3.63, 3.8) is 0 Å². The number of aliphatic hydroxyl groups is 1. The SMILES string of the molecule is C=CCOc1cccc(C2C(C(=O)c3cccs3)=C(O)C(=O)N2c2nc3ccc(F)cc3s2)c1. The van der Waals surface area contributed by atoms with Gasteiger partial charge in [0.1, 0.15) is 18.2 Å². The number of amides is 1. The van der Waals surface area contributed by atoms with Crippen LogP contribution in [0.1, 0.15) is 21.3 Å². The Labute approximate surface area is 201 Å². The molecule has 170 valence electrons. The summed E-state index contributed by atoms with van der Waals surface area (Å²) in [6.45, 7) is 3.92. The highest BCUT2D eigenvalue weighted by Gasteiger charge is 2.46. The van der Waals surface area contributed by atoms with Crippen LogP contribution >= 0.6 is 22.7 Å². The average Bonchev–Trinajstić information content (AvgIpc) is 3.56. The maximum atomic E-state index is 13.8. The first-order chi connectivity index (χ1) is 16.5. The molecule has 0 bridgehead atoms. The van der Waals surface area contributed by atoms with Gasteiger partial charge in [-0.05, 0) is 47.3 Å². The lowest BCUT2D eigenvalue weighted by molar-refractivity contribution is -0.117. The number of carbonyl (C=O) groups is 2. The van der Waals surface area contributed by atoms with Gasteiger partial charge in [-0.3, -0.25) is 14.5 Å². The number of ketones is 1. The van der Waals surface area contributed by atoms with Gasteiger partial charge < -0.3 is 9.84 Å². The van der Waals surface area contributed by atoms with Gasteiger partial charge in [0.15, 0.2) is 10.9 Å². The third-order valence-electron chi connectivity index (χ3n) is 5.28. The zero-order valence-electron chi connectivity index (χ0n) is 17.6. The van der Waals surface area contributed by atoms with Gasteiger partial charge in [0.05, 0.1) is 26.7 Å². The van der Waals surface area contributed by atoms with E-state index in [2.05, 4.69) is 11.6 Å². The second kappa shape index (κ2) is 8.85. The second-order valence-corrected chi connectivity index (χ2v) is 9.38. The fraction of sp³-hybridized carbons (Fsp3) is 0.0800. The molecule has 0 saturated heterocycles. The molecule has 1 atom stereocenters. The van der Waals surface area contributed by atoms with Crippen LogP contribution in [0, 0.1) is 5.82 Å². The Kier molecular flexibility index (Phi) is 5.72. The number of halogens is 1. The Bertz CT molecular complexity index is 1460. The van der Waals surface area contributed by atoms with Crippen molar-refractivity contribution >= 4 is 49.7 Å². The number of anilines is 1. The van der Waals surface area contributed by atoms with Gasteiger partial charge in [-0.2, -0.15) is 0 Å². The summed E-state index contributed by atoms with van der Waals surface area (Å²) >= 11 is 2.33. The van der Waals surface area contributed by atoms with E-state index < -0.39 is 29.3 Å². The normalized spacial score (nSPS) is 15.9. The molecule has 0 radical (unpaired) electrons. The summed E-state index contributed by atoms with van der Waals surface area (Å²) in [5.74, 6) is -1.73. The van der Waals surface area contributed by atoms with Crippen LogP contribution in [0.5, 0.6) is 5.75 Å². The first-order valence-electron chi connectivity index (χ1n) is 10.2. The van der Waals surface area contributed by atoms with Crippen LogP contribution in [0.3, 0.4) is 0 Å². The minimum atomic E-state index is -0.945. The summed E-state index contributed by atoms with van der Waals surface area (Å²) in [6, 6.07) is 13.5. The number of thiophene rings is 1. The van der Waals surface area contributed by atoms with Crippen molar-refractivity contribution in [1.82, 2.24) is 4.98 Å². The quantitative estimate of drug-likeness (QED) is 0.259. The molecule has 0 fully saturated rings.